The highest BCUT2D eigenvalue weighted by Gasteiger charge is 2.09. The van der Waals surface area contributed by atoms with Crippen LogP contribution in [0, 0.1) is 0 Å². The topological polar surface area (TPSA) is 48.4 Å². The molecule has 2 N–H and O–H groups in total. The summed E-state index contributed by atoms with van der Waals surface area (Å²) in [5, 5.41) is 14.3. The van der Waals surface area contributed by atoms with Crippen molar-refractivity contribution in [3.05, 3.63) is 30.5 Å². The zero-order valence-corrected chi connectivity index (χ0v) is 13.8. The van der Waals surface area contributed by atoms with Crippen molar-refractivity contribution in [3.8, 4) is 5.75 Å². The Hall–Kier alpha value is -1.81. The van der Waals surface area contributed by atoms with Crippen molar-refractivity contribution in [3.63, 3.8) is 0 Å². The summed E-state index contributed by atoms with van der Waals surface area (Å²) in [5.74, 6) is 0.276. The van der Waals surface area contributed by atoms with Gasteiger partial charge in [-0.05, 0) is 51.5 Å². The molecule has 1 unspecified atom stereocenters. The predicted molar refractivity (Wildman–Crippen MR) is 93.5 cm³/mol. The largest absolute Gasteiger partial charge is 0.508 e. The summed E-state index contributed by atoms with van der Waals surface area (Å²) in [6.45, 7) is 9.95. The number of aromatic nitrogens is 1. The summed E-state index contributed by atoms with van der Waals surface area (Å²) in [4.78, 5) is 6.87. The molecule has 0 aliphatic carbocycles. The number of phenols is 1. The molecule has 0 aliphatic heterocycles. The van der Waals surface area contributed by atoms with Crippen LogP contribution in [0.25, 0.3) is 10.9 Å². The molecule has 0 aliphatic rings. The van der Waals surface area contributed by atoms with Gasteiger partial charge in [0.15, 0.2) is 0 Å². The van der Waals surface area contributed by atoms with E-state index in [1.54, 1.807) is 18.3 Å². The fourth-order valence-corrected chi connectivity index (χ4v) is 2.79. The van der Waals surface area contributed by atoms with Crippen molar-refractivity contribution < 1.29 is 5.11 Å². The average Bonchev–Trinajstić information content (AvgIpc) is 2.51. The van der Waals surface area contributed by atoms with Crippen LogP contribution in [-0.2, 0) is 0 Å². The monoisotopic (exact) mass is 301 g/mol. The molecule has 1 aromatic heterocycles. The number of phenolic OH excluding ortho intramolecular Hbond substituents is 1. The molecule has 0 spiro atoms. The van der Waals surface area contributed by atoms with Gasteiger partial charge in [-0.2, -0.15) is 0 Å². The summed E-state index contributed by atoms with van der Waals surface area (Å²) in [7, 11) is 0. The van der Waals surface area contributed by atoms with Crippen molar-refractivity contribution in [1.82, 2.24) is 9.88 Å². The minimum absolute atomic E-state index is 0.276. The van der Waals surface area contributed by atoms with Crippen LogP contribution >= 0.6 is 0 Å². The molecular weight excluding hydrogens is 274 g/mol. The van der Waals surface area contributed by atoms with Crippen LogP contribution in [-0.4, -0.2) is 40.7 Å². The van der Waals surface area contributed by atoms with Gasteiger partial charge in [0.05, 0.1) is 11.2 Å². The van der Waals surface area contributed by atoms with Gasteiger partial charge in [0.25, 0.3) is 0 Å². The number of nitrogens with zero attached hydrogens (tertiary/aromatic N) is 2. The Bertz CT molecular complexity index is 596. The van der Waals surface area contributed by atoms with Crippen molar-refractivity contribution in [2.45, 2.75) is 39.7 Å². The SMILES string of the molecule is CCN(CC)CCCC(C)Nc1cc(O)cc2cccnc12. The van der Waals surface area contributed by atoms with Crippen LogP contribution in [0.4, 0.5) is 5.69 Å². The van der Waals surface area contributed by atoms with E-state index in [2.05, 4.69) is 36.0 Å². The fourth-order valence-electron chi connectivity index (χ4n) is 2.79. The molecule has 0 fully saturated rings. The van der Waals surface area contributed by atoms with Gasteiger partial charge in [0.2, 0.25) is 0 Å². The summed E-state index contributed by atoms with van der Waals surface area (Å²) in [5.41, 5.74) is 1.82. The zero-order chi connectivity index (χ0) is 15.9. The van der Waals surface area contributed by atoms with E-state index in [1.807, 2.05) is 12.1 Å². The first-order valence-electron chi connectivity index (χ1n) is 8.20. The number of pyridine rings is 1. The zero-order valence-electron chi connectivity index (χ0n) is 13.8. The number of rotatable bonds is 8. The lowest BCUT2D eigenvalue weighted by Crippen LogP contribution is -2.25. The Kier molecular flexibility index (Phi) is 6.01. The van der Waals surface area contributed by atoms with Crippen LogP contribution in [0.3, 0.4) is 0 Å². The quantitative estimate of drug-likeness (QED) is 0.777. The van der Waals surface area contributed by atoms with E-state index in [4.69, 9.17) is 0 Å². The van der Waals surface area contributed by atoms with Gasteiger partial charge < -0.3 is 15.3 Å². The Labute approximate surface area is 133 Å². The molecule has 0 saturated heterocycles. The minimum atomic E-state index is 0.276. The van der Waals surface area contributed by atoms with Crippen molar-refractivity contribution in [1.29, 1.82) is 0 Å². The van der Waals surface area contributed by atoms with E-state index < -0.39 is 0 Å². The van der Waals surface area contributed by atoms with E-state index in [0.29, 0.717) is 6.04 Å². The molecule has 1 aromatic carbocycles. The molecule has 1 heterocycles. The Morgan fingerprint density at radius 2 is 2.05 bits per heavy atom. The van der Waals surface area contributed by atoms with E-state index in [1.165, 1.54) is 6.42 Å². The lowest BCUT2D eigenvalue weighted by atomic mass is 10.1. The molecule has 4 heteroatoms. The predicted octanol–water partition coefficient (Wildman–Crippen LogP) is 3.86. The number of anilines is 1. The Morgan fingerprint density at radius 3 is 2.77 bits per heavy atom. The number of aromatic hydroxyl groups is 1. The van der Waals surface area contributed by atoms with Gasteiger partial charge in [-0.15, -0.1) is 0 Å². The molecule has 1 atom stereocenters. The van der Waals surface area contributed by atoms with Gasteiger partial charge in [-0.3, -0.25) is 4.98 Å². The maximum atomic E-state index is 9.86. The van der Waals surface area contributed by atoms with Gasteiger partial charge in [0, 0.05) is 23.7 Å². The second-order valence-electron chi connectivity index (χ2n) is 5.78. The Balaban J connectivity index is 1.98. The van der Waals surface area contributed by atoms with Gasteiger partial charge in [-0.25, -0.2) is 0 Å². The summed E-state index contributed by atoms with van der Waals surface area (Å²) < 4.78 is 0. The van der Waals surface area contributed by atoms with Crippen molar-refractivity contribution in [2.24, 2.45) is 0 Å². The van der Waals surface area contributed by atoms with Gasteiger partial charge in [0.1, 0.15) is 5.75 Å². The van der Waals surface area contributed by atoms with E-state index in [9.17, 15) is 5.11 Å². The molecule has 2 rings (SSSR count). The van der Waals surface area contributed by atoms with Gasteiger partial charge >= 0.3 is 0 Å². The minimum Gasteiger partial charge on any atom is -0.508 e. The lowest BCUT2D eigenvalue weighted by Gasteiger charge is -2.20. The summed E-state index contributed by atoms with van der Waals surface area (Å²) in [6, 6.07) is 7.72. The Morgan fingerprint density at radius 1 is 1.27 bits per heavy atom. The normalized spacial score (nSPS) is 12.7. The van der Waals surface area contributed by atoms with Crippen LogP contribution in [0.1, 0.15) is 33.6 Å². The van der Waals surface area contributed by atoms with Crippen LogP contribution < -0.4 is 5.32 Å². The third-order valence-corrected chi connectivity index (χ3v) is 4.10. The molecule has 2 aromatic rings. The van der Waals surface area contributed by atoms with Crippen LogP contribution in [0.15, 0.2) is 30.5 Å². The number of hydrogen-bond donors (Lipinski definition) is 2. The number of benzene rings is 1. The highest BCUT2D eigenvalue weighted by molar-refractivity contribution is 5.91. The second kappa shape index (κ2) is 7.99. The number of fused-ring (bicyclic) bond motifs is 1. The van der Waals surface area contributed by atoms with Crippen molar-refractivity contribution >= 4 is 16.6 Å². The first-order valence-corrected chi connectivity index (χ1v) is 8.20. The second-order valence-corrected chi connectivity index (χ2v) is 5.78. The molecule has 4 nitrogen and oxygen atoms in total. The third-order valence-electron chi connectivity index (χ3n) is 4.10. The van der Waals surface area contributed by atoms with E-state index in [0.717, 1.165) is 42.6 Å². The fraction of sp³-hybridized carbons (Fsp3) is 0.500. The van der Waals surface area contributed by atoms with Crippen LogP contribution in [0.2, 0.25) is 0 Å². The van der Waals surface area contributed by atoms with E-state index >= 15 is 0 Å². The standard InChI is InChI=1S/C18H27N3O/c1-4-21(5-2)11-7-8-14(3)20-17-13-16(22)12-15-9-6-10-19-18(15)17/h6,9-10,12-14,20,22H,4-5,7-8,11H2,1-3H3. The molecule has 120 valence electrons. The first-order chi connectivity index (χ1) is 10.6. The molecular formula is C18H27N3O. The summed E-state index contributed by atoms with van der Waals surface area (Å²) in [6.07, 6.45) is 4.05. The molecule has 0 bridgehead atoms. The smallest absolute Gasteiger partial charge is 0.118 e. The molecule has 0 saturated carbocycles. The maximum Gasteiger partial charge on any atom is 0.118 e. The third kappa shape index (κ3) is 4.34. The number of hydrogen-bond acceptors (Lipinski definition) is 4. The van der Waals surface area contributed by atoms with Crippen molar-refractivity contribution in [2.75, 3.05) is 25.0 Å². The highest BCUT2D eigenvalue weighted by Crippen LogP contribution is 2.27. The lowest BCUT2D eigenvalue weighted by molar-refractivity contribution is 0.295. The average molecular weight is 301 g/mol. The first kappa shape index (κ1) is 16.6. The molecule has 0 amide bonds. The molecule has 22 heavy (non-hydrogen) atoms. The summed E-state index contributed by atoms with van der Waals surface area (Å²) >= 11 is 0. The van der Waals surface area contributed by atoms with E-state index in [-0.39, 0.29) is 5.75 Å². The maximum absolute atomic E-state index is 9.86. The van der Waals surface area contributed by atoms with Crippen LogP contribution in [0.5, 0.6) is 5.75 Å². The highest BCUT2D eigenvalue weighted by atomic mass is 16.3. The molecule has 0 radical (unpaired) electrons. The number of nitrogens with one attached hydrogen (secondary N) is 1. The van der Waals surface area contributed by atoms with Gasteiger partial charge in [-0.1, -0.05) is 19.9 Å².